The molecule has 2 aliphatic rings. The molecule has 7 nitrogen and oxygen atoms in total. The summed E-state index contributed by atoms with van der Waals surface area (Å²) in [6.45, 7) is 1.89. The largest absolute Gasteiger partial charge is 0.454 e. The summed E-state index contributed by atoms with van der Waals surface area (Å²) in [5.74, 6) is 1.20. The van der Waals surface area contributed by atoms with Gasteiger partial charge in [0, 0.05) is 6.04 Å². The maximum absolute atomic E-state index is 11.3. The van der Waals surface area contributed by atoms with Crippen molar-refractivity contribution in [1.82, 2.24) is 5.32 Å². The lowest BCUT2D eigenvalue weighted by molar-refractivity contribution is -0.385. The molecular weight excluding hydrogens is 262 g/mol. The number of fused-ring (bicyclic) bond motifs is 1. The molecule has 0 bridgehead atoms. The molecule has 2 heterocycles. The monoisotopic (exact) mass is 279 g/mol. The minimum Gasteiger partial charge on any atom is -0.454 e. The predicted molar refractivity (Wildman–Crippen MR) is 71.7 cm³/mol. The first-order valence-electron chi connectivity index (χ1n) is 6.71. The smallest absolute Gasteiger partial charge is 0.278 e. The van der Waals surface area contributed by atoms with E-state index in [2.05, 4.69) is 5.32 Å². The Hall–Kier alpha value is -1.86. The maximum atomic E-state index is 11.3. The van der Waals surface area contributed by atoms with Crippen LogP contribution in [0.15, 0.2) is 12.1 Å². The molecular formula is C13H17N3O4. The van der Waals surface area contributed by atoms with Gasteiger partial charge in [-0.1, -0.05) is 0 Å². The molecule has 2 aliphatic heterocycles. The van der Waals surface area contributed by atoms with Gasteiger partial charge in [0.2, 0.25) is 6.79 Å². The van der Waals surface area contributed by atoms with Crippen LogP contribution in [0.25, 0.3) is 0 Å². The molecule has 1 atom stereocenters. The van der Waals surface area contributed by atoms with E-state index in [0.29, 0.717) is 17.1 Å². The highest BCUT2D eigenvalue weighted by Gasteiger charge is 2.30. The molecule has 7 heteroatoms. The Kier molecular flexibility index (Phi) is 3.45. The Balaban J connectivity index is 1.96. The Morgan fingerprint density at radius 1 is 1.30 bits per heavy atom. The summed E-state index contributed by atoms with van der Waals surface area (Å²) in [7, 11) is 0. The molecule has 0 aliphatic carbocycles. The van der Waals surface area contributed by atoms with Crippen molar-refractivity contribution in [2.45, 2.75) is 18.9 Å². The van der Waals surface area contributed by atoms with E-state index in [1.807, 2.05) is 0 Å². The van der Waals surface area contributed by atoms with Crippen molar-refractivity contribution in [2.24, 2.45) is 11.7 Å². The number of rotatable bonds is 3. The van der Waals surface area contributed by atoms with Gasteiger partial charge in [-0.05, 0) is 37.9 Å². The van der Waals surface area contributed by atoms with Crippen molar-refractivity contribution >= 4 is 5.69 Å². The van der Waals surface area contributed by atoms with E-state index in [4.69, 9.17) is 15.2 Å². The second-order valence-corrected chi connectivity index (χ2v) is 5.13. The van der Waals surface area contributed by atoms with Crippen LogP contribution in [-0.2, 0) is 0 Å². The number of nitrogens with one attached hydrogen (secondary N) is 1. The molecule has 1 aromatic carbocycles. The van der Waals surface area contributed by atoms with E-state index < -0.39 is 4.92 Å². The summed E-state index contributed by atoms with van der Waals surface area (Å²) in [5.41, 5.74) is 6.82. The number of nitro groups is 1. The zero-order valence-corrected chi connectivity index (χ0v) is 11.0. The molecule has 1 fully saturated rings. The molecule has 3 N–H and O–H groups in total. The molecule has 1 saturated heterocycles. The second kappa shape index (κ2) is 5.26. The van der Waals surface area contributed by atoms with E-state index in [-0.39, 0.29) is 24.4 Å². The predicted octanol–water partition coefficient (Wildman–Crippen LogP) is 1.32. The number of hydrogen-bond donors (Lipinski definition) is 2. The quantitative estimate of drug-likeness (QED) is 0.639. The van der Waals surface area contributed by atoms with Crippen molar-refractivity contribution < 1.29 is 14.4 Å². The molecule has 3 rings (SSSR count). The van der Waals surface area contributed by atoms with Crippen LogP contribution in [0.3, 0.4) is 0 Å². The SMILES string of the molecule is N[C@@H](c1cc2c(cc1[N+](=O)[O-])OCO2)C1CCNCC1. The third-order valence-electron chi connectivity index (χ3n) is 3.97. The fourth-order valence-electron chi connectivity index (χ4n) is 2.83. The highest BCUT2D eigenvalue weighted by Crippen LogP contribution is 2.42. The van der Waals surface area contributed by atoms with Crippen LogP contribution in [-0.4, -0.2) is 24.8 Å². The van der Waals surface area contributed by atoms with Gasteiger partial charge in [-0.2, -0.15) is 0 Å². The lowest BCUT2D eigenvalue weighted by atomic mass is 9.86. The summed E-state index contributed by atoms with van der Waals surface area (Å²) in [6.07, 6.45) is 1.85. The number of benzene rings is 1. The number of ether oxygens (including phenoxy) is 2. The molecule has 1 aromatic rings. The summed E-state index contributed by atoms with van der Waals surface area (Å²) >= 11 is 0. The Bertz CT molecular complexity index is 529. The number of hydrogen-bond acceptors (Lipinski definition) is 6. The zero-order chi connectivity index (χ0) is 14.1. The van der Waals surface area contributed by atoms with Gasteiger partial charge in [0.1, 0.15) is 0 Å². The van der Waals surface area contributed by atoms with Gasteiger partial charge < -0.3 is 20.5 Å². The average molecular weight is 279 g/mol. The van der Waals surface area contributed by atoms with E-state index >= 15 is 0 Å². The molecule has 0 amide bonds. The highest BCUT2D eigenvalue weighted by atomic mass is 16.7. The van der Waals surface area contributed by atoms with Crippen LogP contribution < -0.4 is 20.5 Å². The van der Waals surface area contributed by atoms with E-state index in [1.165, 1.54) is 6.07 Å². The number of nitrogens with two attached hydrogens (primary N) is 1. The molecule has 20 heavy (non-hydrogen) atoms. The fraction of sp³-hybridized carbons (Fsp3) is 0.538. The summed E-state index contributed by atoms with van der Waals surface area (Å²) in [4.78, 5) is 10.8. The van der Waals surface area contributed by atoms with Crippen molar-refractivity contribution in [1.29, 1.82) is 0 Å². The van der Waals surface area contributed by atoms with Gasteiger partial charge in [0.05, 0.1) is 16.6 Å². The minimum atomic E-state index is -0.405. The number of nitro benzene ring substituents is 1. The number of nitrogens with zero attached hydrogens (tertiary/aromatic N) is 1. The van der Waals surface area contributed by atoms with Gasteiger partial charge in [-0.25, -0.2) is 0 Å². The summed E-state index contributed by atoms with van der Waals surface area (Å²) in [5, 5.41) is 14.5. The molecule has 108 valence electrons. The third kappa shape index (κ3) is 2.30. The first-order valence-corrected chi connectivity index (χ1v) is 6.71. The average Bonchev–Trinajstić information content (AvgIpc) is 2.93. The molecule has 0 unspecified atom stereocenters. The molecule has 0 saturated carbocycles. The van der Waals surface area contributed by atoms with Crippen molar-refractivity contribution in [2.75, 3.05) is 19.9 Å². The zero-order valence-electron chi connectivity index (χ0n) is 11.0. The second-order valence-electron chi connectivity index (χ2n) is 5.13. The topological polar surface area (TPSA) is 99.7 Å². The highest BCUT2D eigenvalue weighted by molar-refractivity contribution is 5.56. The van der Waals surface area contributed by atoms with Crippen LogP contribution in [0.4, 0.5) is 5.69 Å². The third-order valence-corrected chi connectivity index (χ3v) is 3.97. The van der Waals surface area contributed by atoms with Gasteiger partial charge in [-0.3, -0.25) is 10.1 Å². The summed E-state index contributed by atoms with van der Waals surface area (Å²) < 4.78 is 10.5. The van der Waals surface area contributed by atoms with Crippen LogP contribution >= 0.6 is 0 Å². The first kappa shape index (κ1) is 13.1. The minimum absolute atomic E-state index is 0.0142. The normalized spacial score (nSPS) is 19.9. The lowest BCUT2D eigenvalue weighted by Gasteiger charge is -2.28. The van der Waals surface area contributed by atoms with Crippen LogP contribution in [0, 0.1) is 16.0 Å². The summed E-state index contributed by atoms with van der Waals surface area (Å²) in [6, 6.07) is 2.72. The fourth-order valence-corrected chi connectivity index (χ4v) is 2.83. The molecule has 0 spiro atoms. The Morgan fingerprint density at radius 2 is 1.95 bits per heavy atom. The van der Waals surface area contributed by atoms with Crippen LogP contribution in [0.5, 0.6) is 11.5 Å². The number of piperidine rings is 1. The molecule has 0 aromatic heterocycles. The Labute approximate surface area is 116 Å². The lowest BCUT2D eigenvalue weighted by Crippen LogP contribution is -2.34. The maximum Gasteiger partial charge on any atom is 0.278 e. The van der Waals surface area contributed by atoms with Crippen molar-refractivity contribution in [3.63, 3.8) is 0 Å². The van der Waals surface area contributed by atoms with Gasteiger partial charge in [0.15, 0.2) is 11.5 Å². The first-order chi connectivity index (χ1) is 9.66. The van der Waals surface area contributed by atoms with Crippen molar-refractivity contribution in [3.05, 3.63) is 27.8 Å². The van der Waals surface area contributed by atoms with Crippen molar-refractivity contribution in [3.8, 4) is 11.5 Å². The van der Waals surface area contributed by atoms with Gasteiger partial charge >= 0.3 is 0 Å². The van der Waals surface area contributed by atoms with E-state index in [1.54, 1.807) is 6.07 Å². The Morgan fingerprint density at radius 3 is 2.60 bits per heavy atom. The van der Waals surface area contributed by atoms with E-state index in [0.717, 1.165) is 25.9 Å². The van der Waals surface area contributed by atoms with E-state index in [9.17, 15) is 10.1 Å². The van der Waals surface area contributed by atoms with Crippen LogP contribution in [0.1, 0.15) is 24.4 Å². The van der Waals surface area contributed by atoms with Crippen LogP contribution in [0.2, 0.25) is 0 Å². The molecule has 0 radical (unpaired) electrons. The standard InChI is InChI=1S/C13H17N3O4/c14-13(8-1-3-15-4-2-8)9-5-11-12(20-7-19-11)6-10(9)16(17)18/h5-6,8,13,15H,1-4,7,14H2/t13-/m1/s1. The van der Waals surface area contributed by atoms with Gasteiger partial charge in [-0.15, -0.1) is 0 Å². The van der Waals surface area contributed by atoms with Gasteiger partial charge in [0.25, 0.3) is 5.69 Å².